The first-order chi connectivity index (χ1) is 14.0. The molecule has 0 bridgehead atoms. The Morgan fingerprint density at radius 2 is 2.07 bits per heavy atom. The van der Waals surface area contributed by atoms with Crippen molar-refractivity contribution in [1.29, 1.82) is 0 Å². The summed E-state index contributed by atoms with van der Waals surface area (Å²) in [6.07, 6.45) is 2.44. The van der Waals surface area contributed by atoms with Gasteiger partial charge in [0, 0.05) is 35.7 Å². The third-order valence-electron chi connectivity index (χ3n) is 5.39. The van der Waals surface area contributed by atoms with Crippen LogP contribution in [0.1, 0.15) is 40.2 Å². The van der Waals surface area contributed by atoms with E-state index in [-0.39, 0.29) is 17.6 Å². The number of Topliss-reactive ketones (excluding diaryl/α,β-unsaturated/α-hetero) is 1. The molecular weight excluding hydrogens is 386 g/mol. The molecule has 1 saturated heterocycles. The molecule has 0 N–H and O–H groups in total. The number of benzene rings is 1. The number of nitrogens with zero attached hydrogens (tertiary/aromatic N) is 3. The second-order valence-electron chi connectivity index (χ2n) is 7.43. The Morgan fingerprint density at radius 3 is 2.83 bits per heavy atom. The van der Waals surface area contributed by atoms with Crippen LogP contribution in [0.3, 0.4) is 0 Å². The van der Waals surface area contributed by atoms with E-state index in [4.69, 9.17) is 9.15 Å². The normalized spacial score (nSPS) is 16.4. The molecule has 0 amide bonds. The highest BCUT2D eigenvalue weighted by atomic mass is 32.2. The van der Waals surface area contributed by atoms with Crippen molar-refractivity contribution < 1.29 is 13.9 Å². The molecule has 2 aromatic heterocycles. The number of thioether (sulfide) groups is 1. The lowest BCUT2D eigenvalue weighted by molar-refractivity contribution is 0.0957. The van der Waals surface area contributed by atoms with Crippen LogP contribution in [-0.2, 0) is 11.3 Å². The van der Waals surface area contributed by atoms with Gasteiger partial charge < -0.3 is 13.7 Å². The topological polar surface area (TPSA) is 70.2 Å². The fourth-order valence-electron chi connectivity index (χ4n) is 3.75. The maximum absolute atomic E-state index is 12.8. The predicted octanol–water partition coefficient (Wildman–Crippen LogP) is 4.62. The summed E-state index contributed by atoms with van der Waals surface area (Å²) in [6, 6.07) is 9.83. The van der Waals surface area contributed by atoms with Crippen molar-refractivity contribution in [2.24, 2.45) is 0 Å². The lowest BCUT2D eigenvalue weighted by Crippen LogP contribution is -2.17. The van der Waals surface area contributed by atoms with Crippen LogP contribution < -0.4 is 0 Å². The van der Waals surface area contributed by atoms with Gasteiger partial charge in [0.15, 0.2) is 5.78 Å². The van der Waals surface area contributed by atoms with E-state index in [2.05, 4.69) is 14.8 Å². The van der Waals surface area contributed by atoms with E-state index >= 15 is 0 Å². The summed E-state index contributed by atoms with van der Waals surface area (Å²) >= 11 is 1.28. The molecule has 4 rings (SSSR count). The average molecular weight is 412 g/mol. The van der Waals surface area contributed by atoms with E-state index in [0.29, 0.717) is 11.1 Å². The smallest absolute Gasteiger partial charge is 0.277 e. The van der Waals surface area contributed by atoms with E-state index in [1.54, 1.807) is 0 Å². The van der Waals surface area contributed by atoms with Gasteiger partial charge in [0.1, 0.15) is 0 Å². The van der Waals surface area contributed by atoms with Crippen molar-refractivity contribution in [3.63, 3.8) is 0 Å². The standard InChI is InChI=1S/C22H25N3O3S/c1-14-7-4-5-9-18(14)21-23-24-22(28-21)29-13-20(26)19-11-15(2)25(16(19)3)12-17-8-6-10-27-17/h4-5,7,9,11,17H,6,8,10,12-13H2,1-3H3/t17-/m0/s1. The Hall–Kier alpha value is -2.38. The molecular formula is C22H25N3O3S. The molecule has 0 unspecified atom stereocenters. The monoisotopic (exact) mass is 411 g/mol. The van der Waals surface area contributed by atoms with Gasteiger partial charge in [0.25, 0.3) is 5.22 Å². The maximum Gasteiger partial charge on any atom is 0.277 e. The summed E-state index contributed by atoms with van der Waals surface area (Å²) < 4.78 is 13.7. The zero-order valence-electron chi connectivity index (χ0n) is 17.0. The van der Waals surface area contributed by atoms with Crippen LogP contribution in [0.15, 0.2) is 40.0 Å². The Kier molecular flexibility index (Phi) is 5.87. The largest absolute Gasteiger partial charge is 0.411 e. The van der Waals surface area contributed by atoms with Gasteiger partial charge >= 0.3 is 0 Å². The summed E-state index contributed by atoms with van der Waals surface area (Å²) in [5.74, 6) is 0.810. The van der Waals surface area contributed by atoms with Gasteiger partial charge in [-0.2, -0.15) is 0 Å². The highest BCUT2D eigenvalue weighted by Crippen LogP contribution is 2.27. The van der Waals surface area contributed by atoms with Crippen molar-refractivity contribution in [2.45, 2.75) is 51.5 Å². The minimum absolute atomic E-state index is 0.0670. The van der Waals surface area contributed by atoms with Crippen LogP contribution in [0.25, 0.3) is 11.5 Å². The number of rotatable bonds is 7. The molecule has 0 saturated carbocycles. The number of hydrogen-bond donors (Lipinski definition) is 0. The van der Waals surface area contributed by atoms with Gasteiger partial charge in [0.2, 0.25) is 5.89 Å². The fourth-order valence-corrected chi connectivity index (χ4v) is 4.40. The lowest BCUT2D eigenvalue weighted by Gasteiger charge is -2.14. The predicted molar refractivity (Wildman–Crippen MR) is 112 cm³/mol. The van der Waals surface area contributed by atoms with Crippen LogP contribution in [0.5, 0.6) is 0 Å². The van der Waals surface area contributed by atoms with Crippen molar-refractivity contribution >= 4 is 17.5 Å². The molecule has 1 aliphatic rings. The Bertz CT molecular complexity index is 1020. The minimum Gasteiger partial charge on any atom is -0.411 e. The zero-order chi connectivity index (χ0) is 20.4. The van der Waals surface area contributed by atoms with E-state index in [0.717, 1.165) is 54.1 Å². The molecule has 1 aliphatic heterocycles. The highest BCUT2D eigenvalue weighted by Gasteiger charge is 2.21. The average Bonchev–Trinajstić information content (AvgIpc) is 3.44. The first-order valence-electron chi connectivity index (χ1n) is 9.86. The van der Waals surface area contributed by atoms with E-state index in [1.807, 2.05) is 51.1 Å². The van der Waals surface area contributed by atoms with Crippen LogP contribution >= 0.6 is 11.8 Å². The van der Waals surface area contributed by atoms with Crippen molar-refractivity contribution in [2.75, 3.05) is 12.4 Å². The summed E-state index contributed by atoms with van der Waals surface area (Å²) in [5, 5.41) is 8.62. The first kappa shape index (κ1) is 19.9. The molecule has 1 aromatic carbocycles. The quantitative estimate of drug-likeness (QED) is 0.417. The van der Waals surface area contributed by atoms with Gasteiger partial charge in [-0.05, 0) is 51.3 Å². The van der Waals surface area contributed by atoms with Crippen LogP contribution in [-0.4, -0.2) is 39.0 Å². The Balaban J connectivity index is 1.42. The minimum atomic E-state index is 0.0670. The number of hydrogen-bond acceptors (Lipinski definition) is 6. The molecule has 3 aromatic rings. The lowest BCUT2D eigenvalue weighted by atomic mass is 10.1. The second kappa shape index (κ2) is 8.55. The van der Waals surface area contributed by atoms with Gasteiger partial charge in [-0.3, -0.25) is 4.79 Å². The highest BCUT2D eigenvalue weighted by molar-refractivity contribution is 7.99. The van der Waals surface area contributed by atoms with Gasteiger partial charge in [-0.15, -0.1) is 10.2 Å². The van der Waals surface area contributed by atoms with E-state index in [9.17, 15) is 4.79 Å². The van der Waals surface area contributed by atoms with Gasteiger partial charge in [0.05, 0.1) is 11.9 Å². The number of aryl methyl sites for hydroxylation is 2. The van der Waals surface area contributed by atoms with Crippen molar-refractivity contribution in [3.05, 3.63) is 52.8 Å². The third-order valence-corrected chi connectivity index (χ3v) is 6.21. The molecule has 6 nitrogen and oxygen atoms in total. The molecule has 0 aliphatic carbocycles. The summed E-state index contributed by atoms with van der Waals surface area (Å²) in [4.78, 5) is 12.8. The SMILES string of the molecule is Cc1ccccc1-c1nnc(SCC(=O)c2cc(C)n(C[C@@H]3CCCO3)c2C)o1. The molecule has 0 radical (unpaired) electrons. The summed E-state index contributed by atoms with van der Waals surface area (Å²) in [6.45, 7) is 7.69. The van der Waals surface area contributed by atoms with Crippen LogP contribution in [0, 0.1) is 20.8 Å². The number of ketones is 1. The number of aromatic nitrogens is 3. The zero-order valence-corrected chi connectivity index (χ0v) is 17.8. The van der Waals surface area contributed by atoms with Crippen LogP contribution in [0.2, 0.25) is 0 Å². The van der Waals surface area contributed by atoms with Crippen molar-refractivity contribution in [1.82, 2.24) is 14.8 Å². The summed E-state index contributed by atoms with van der Waals surface area (Å²) in [5.41, 5.74) is 4.82. The molecule has 1 atom stereocenters. The Morgan fingerprint density at radius 1 is 1.24 bits per heavy atom. The molecule has 0 spiro atoms. The molecule has 29 heavy (non-hydrogen) atoms. The number of carbonyl (C=O) groups excluding carboxylic acids is 1. The molecule has 152 valence electrons. The number of ether oxygens (including phenoxy) is 1. The third kappa shape index (κ3) is 4.31. The van der Waals surface area contributed by atoms with Crippen LogP contribution in [0.4, 0.5) is 0 Å². The molecule has 3 heterocycles. The van der Waals surface area contributed by atoms with Gasteiger partial charge in [-0.25, -0.2) is 0 Å². The summed E-state index contributed by atoms with van der Waals surface area (Å²) in [7, 11) is 0. The van der Waals surface area contributed by atoms with E-state index < -0.39 is 0 Å². The van der Waals surface area contributed by atoms with E-state index in [1.165, 1.54) is 11.8 Å². The number of carbonyl (C=O) groups is 1. The fraction of sp³-hybridized carbons (Fsp3) is 0.409. The second-order valence-corrected chi connectivity index (χ2v) is 8.36. The molecule has 1 fully saturated rings. The van der Waals surface area contributed by atoms with Gasteiger partial charge in [-0.1, -0.05) is 30.0 Å². The Labute approximate surface area is 174 Å². The first-order valence-corrected chi connectivity index (χ1v) is 10.9. The molecule has 7 heteroatoms. The van der Waals surface area contributed by atoms with Crippen molar-refractivity contribution in [3.8, 4) is 11.5 Å². The maximum atomic E-state index is 12.8.